The molecule has 4 heteroatoms. The van der Waals surface area contributed by atoms with Gasteiger partial charge in [-0.25, -0.2) is 4.98 Å². The van der Waals surface area contributed by atoms with Gasteiger partial charge in [0.05, 0.1) is 6.33 Å². The number of imidazole rings is 1. The van der Waals surface area contributed by atoms with E-state index >= 15 is 0 Å². The molecule has 0 radical (unpaired) electrons. The number of hydrogen-bond donors (Lipinski definition) is 1. The van der Waals surface area contributed by atoms with Crippen LogP contribution in [0.5, 0.6) is 0 Å². The van der Waals surface area contributed by atoms with Gasteiger partial charge in [0.2, 0.25) is 0 Å². The Labute approximate surface area is 108 Å². The first-order chi connectivity index (χ1) is 8.04. The number of nitrogens with two attached hydrogens (primary N) is 1. The van der Waals surface area contributed by atoms with E-state index in [-0.39, 0.29) is 5.54 Å². The largest absolute Gasteiger partial charge is 0.333 e. The second kappa shape index (κ2) is 5.44. The number of thioether (sulfide) groups is 1. The highest BCUT2D eigenvalue weighted by Crippen LogP contribution is 2.26. The van der Waals surface area contributed by atoms with Gasteiger partial charge in [-0.1, -0.05) is 6.42 Å². The first-order valence-corrected chi connectivity index (χ1v) is 7.49. The van der Waals surface area contributed by atoms with E-state index < -0.39 is 0 Å². The van der Waals surface area contributed by atoms with Gasteiger partial charge in [0.15, 0.2) is 0 Å². The maximum absolute atomic E-state index is 6.08. The molecule has 1 unspecified atom stereocenters. The zero-order chi connectivity index (χ0) is 12.3. The molecule has 2 N–H and O–H groups in total. The summed E-state index contributed by atoms with van der Waals surface area (Å²) in [6.07, 6.45) is 8.91. The van der Waals surface area contributed by atoms with Gasteiger partial charge >= 0.3 is 0 Å². The predicted molar refractivity (Wildman–Crippen MR) is 74.3 cm³/mol. The Kier molecular flexibility index (Phi) is 4.15. The monoisotopic (exact) mass is 253 g/mol. The number of rotatable bonds is 4. The number of hydrogen-bond acceptors (Lipinski definition) is 3. The first kappa shape index (κ1) is 13.0. The fraction of sp³-hybridized carbons (Fsp3) is 0.769. The van der Waals surface area contributed by atoms with Crippen LogP contribution in [0.4, 0.5) is 0 Å². The van der Waals surface area contributed by atoms with Crippen LogP contribution in [0.1, 0.15) is 38.8 Å². The molecule has 1 saturated heterocycles. The summed E-state index contributed by atoms with van der Waals surface area (Å²) >= 11 is 2.11. The fourth-order valence-electron chi connectivity index (χ4n) is 2.30. The van der Waals surface area contributed by atoms with E-state index in [1.807, 2.05) is 12.5 Å². The molecular weight excluding hydrogens is 230 g/mol. The summed E-state index contributed by atoms with van der Waals surface area (Å²) in [6, 6.07) is 0. The molecule has 1 aliphatic heterocycles. The molecule has 0 amide bonds. The van der Waals surface area contributed by atoms with E-state index in [0.717, 1.165) is 18.2 Å². The third-order valence-electron chi connectivity index (χ3n) is 3.11. The molecule has 2 rings (SSSR count). The summed E-state index contributed by atoms with van der Waals surface area (Å²) in [5.41, 5.74) is 7.19. The van der Waals surface area contributed by atoms with Crippen LogP contribution in [0.15, 0.2) is 12.5 Å². The maximum Gasteiger partial charge on any atom is 0.0948 e. The molecule has 17 heavy (non-hydrogen) atoms. The summed E-state index contributed by atoms with van der Waals surface area (Å²) in [6.45, 7) is 5.23. The summed E-state index contributed by atoms with van der Waals surface area (Å²) in [4.78, 5) is 4.27. The van der Waals surface area contributed by atoms with Crippen LogP contribution in [0, 0.1) is 0 Å². The van der Waals surface area contributed by atoms with E-state index in [1.54, 1.807) is 0 Å². The Bertz CT molecular complexity index is 348. The minimum atomic E-state index is -0.155. The molecule has 1 fully saturated rings. The van der Waals surface area contributed by atoms with Crippen LogP contribution in [0.2, 0.25) is 0 Å². The van der Waals surface area contributed by atoms with Crippen molar-refractivity contribution in [3.05, 3.63) is 18.2 Å². The maximum atomic E-state index is 6.08. The number of aromatic nitrogens is 2. The Morgan fingerprint density at radius 2 is 2.35 bits per heavy atom. The molecular formula is C13H23N3S. The topological polar surface area (TPSA) is 43.8 Å². The van der Waals surface area contributed by atoms with Gasteiger partial charge in [0.1, 0.15) is 0 Å². The van der Waals surface area contributed by atoms with Gasteiger partial charge in [-0.2, -0.15) is 11.8 Å². The summed E-state index contributed by atoms with van der Waals surface area (Å²) < 4.78 is 2.29. The highest BCUT2D eigenvalue weighted by atomic mass is 32.2. The van der Waals surface area contributed by atoms with Crippen LogP contribution < -0.4 is 5.73 Å². The molecule has 0 spiro atoms. The molecule has 1 aliphatic rings. The molecule has 96 valence electrons. The molecule has 1 aromatic heterocycles. The fourth-order valence-corrected chi connectivity index (χ4v) is 3.60. The molecule has 0 bridgehead atoms. The van der Waals surface area contributed by atoms with Crippen molar-refractivity contribution in [3.63, 3.8) is 0 Å². The van der Waals surface area contributed by atoms with Gasteiger partial charge in [-0.05, 0) is 32.4 Å². The van der Waals surface area contributed by atoms with Crippen LogP contribution in [-0.2, 0) is 13.0 Å². The lowest BCUT2D eigenvalue weighted by Gasteiger charge is -2.24. The van der Waals surface area contributed by atoms with Crippen LogP contribution in [-0.4, -0.2) is 26.1 Å². The Morgan fingerprint density at radius 1 is 1.53 bits per heavy atom. The van der Waals surface area contributed by atoms with Crippen molar-refractivity contribution < 1.29 is 0 Å². The minimum Gasteiger partial charge on any atom is -0.333 e. The molecule has 0 aliphatic carbocycles. The van der Waals surface area contributed by atoms with Crippen molar-refractivity contribution in [2.24, 2.45) is 5.73 Å². The highest BCUT2D eigenvalue weighted by molar-refractivity contribution is 7.99. The molecule has 2 heterocycles. The normalized spacial score (nSPS) is 21.7. The highest BCUT2D eigenvalue weighted by Gasteiger charge is 2.18. The third kappa shape index (κ3) is 4.03. The average molecular weight is 253 g/mol. The predicted octanol–water partition coefficient (Wildman–Crippen LogP) is 2.45. The summed E-state index contributed by atoms with van der Waals surface area (Å²) in [7, 11) is 0. The van der Waals surface area contributed by atoms with Crippen LogP contribution in [0.3, 0.4) is 0 Å². The second-order valence-electron chi connectivity index (χ2n) is 5.69. The lowest BCUT2D eigenvalue weighted by Crippen LogP contribution is -2.35. The Morgan fingerprint density at radius 3 is 3.00 bits per heavy atom. The van der Waals surface area contributed by atoms with Gasteiger partial charge in [0, 0.05) is 35.6 Å². The van der Waals surface area contributed by atoms with Crippen molar-refractivity contribution >= 4 is 11.8 Å². The molecule has 3 nitrogen and oxygen atoms in total. The Hall–Kier alpha value is -0.480. The second-order valence-corrected chi connectivity index (χ2v) is 7.10. The lowest BCUT2D eigenvalue weighted by molar-refractivity contribution is 0.486. The van der Waals surface area contributed by atoms with E-state index in [0.29, 0.717) is 0 Å². The number of nitrogens with zero attached hydrogens (tertiary/aromatic N) is 2. The average Bonchev–Trinajstić information content (AvgIpc) is 2.65. The smallest absolute Gasteiger partial charge is 0.0948 e. The van der Waals surface area contributed by atoms with E-state index in [9.17, 15) is 0 Å². The van der Waals surface area contributed by atoms with E-state index in [4.69, 9.17) is 5.73 Å². The zero-order valence-corrected chi connectivity index (χ0v) is 11.7. The SMILES string of the molecule is CC(C)(N)Cc1cncn1CC1CCCCS1. The first-order valence-electron chi connectivity index (χ1n) is 6.44. The van der Waals surface area contributed by atoms with Crippen LogP contribution >= 0.6 is 11.8 Å². The minimum absolute atomic E-state index is 0.155. The van der Waals surface area contributed by atoms with Crippen molar-refractivity contribution in [1.29, 1.82) is 0 Å². The zero-order valence-electron chi connectivity index (χ0n) is 10.9. The lowest BCUT2D eigenvalue weighted by atomic mass is 10.0. The van der Waals surface area contributed by atoms with Gasteiger partial charge < -0.3 is 10.3 Å². The van der Waals surface area contributed by atoms with Crippen molar-refractivity contribution in [1.82, 2.24) is 9.55 Å². The van der Waals surface area contributed by atoms with Crippen molar-refractivity contribution in [3.8, 4) is 0 Å². The van der Waals surface area contributed by atoms with Gasteiger partial charge in [-0.15, -0.1) is 0 Å². The van der Waals surface area contributed by atoms with Crippen molar-refractivity contribution in [2.45, 2.75) is 56.9 Å². The quantitative estimate of drug-likeness (QED) is 0.896. The van der Waals surface area contributed by atoms with Crippen LogP contribution in [0.25, 0.3) is 0 Å². The summed E-state index contributed by atoms with van der Waals surface area (Å²) in [5.74, 6) is 1.32. The van der Waals surface area contributed by atoms with Gasteiger partial charge in [0.25, 0.3) is 0 Å². The van der Waals surface area contributed by atoms with Crippen molar-refractivity contribution in [2.75, 3.05) is 5.75 Å². The van der Waals surface area contributed by atoms with Gasteiger partial charge in [-0.3, -0.25) is 0 Å². The standard InChI is InChI=1S/C13H23N3S/c1-13(2,14)7-11-8-15-10-16(11)9-12-5-3-4-6-17-12/h8,10,12H,3-7,9,14H2,1-2H3. The van der Waals surface area contributed by atoms with E-state index in [1.165, 1.54) is 30.7 Å². The van der Waals surface area contributed by atoms with E-state index in [2.05, 4.69) is 35.2 Å². The molecule has 1 aromatic rings. The molecule has 0 aromatic carbocycles. The Balaban J connectivity index is 1.98. The molecule has 0 saturated carbocycles. The third-order valence-corrected chi connectivity index (χ3v) is 4.49. The summed E-state index contributed by atoms with van der Waals surface area (Å²) in [5, 5.41) is 0.762. The molecule has 1 atom stereocenters.